The first-order valence-electron chi connectivity index (χ1n) is 8.41. The van der Waals surface area contributed by atoms with Crippen LogP contribution in [0.2, 0.25) is 0 Å². The minimum Gasteiger partial charge on any atom is -0.341 e. The molecule has 1 saturated heterocycles. The van der Waals surface area contributed by atoms with Crippen molar-refractivity contribution in [3.05, 3.63) is 53.2 Å². The molecule has 1 atom stereocenters. The Balaban J connectivity index is 1.69. The molecule has 0 radical (unpaired) electrons. The Morgan fingerprint density at radius 2 is 2.08 bits per heavy atom. The summed E-state index contributed by atoms with van der Waals surface area (Å²) in [6.45, 7) is 0.751. The summed E-state index contributed by atoms with van der Waals surface area (Å²) >= 11 is 1.18. The fourth-order valence-corrected chi connectivity index (χ4v) is 5.84. The number of thiophene rings is 1. The normalized spacial score (nSPS) is 18.6. The maximum Gasteiger partial charge on any atom is 0.252 e. The van der Waals surface area contributed by atoms with Crippen molar-refractivity contribution in [2.75, 3.05) is 20.1 Å². The van der Waals surface area contributed by atoms with Gasteiger partial charge in [-0.05, 0) is 30.4 Å². The highest BCUT2D eigenvalue weighted by atomic mass is 32.2. The molecule has 0 saturated carbocycles. The van der Waals surface area contributed by atoms with Gasteiger partial charge in [-0.25, -0.2) is 12.8 Å². The molecule has 1 aromatic heterocycles. The maximum atomic E-state index is 13.8. The minimum absolute atomic E-state index is 0.153. The molecule has 1 fully saturated rings. The zero-order chi connectivity index (χ0) is 18.7. The number of piperidine rings is 1. The highest BCUT2D eigenvalue weighted by molar-refractivity contribution is 7.91. The summed E-state index contributed by atoms with van der Waals surface area (Å²) in [5.74, 6) is -0.910. The van der Waals surface area contributed by atoms with E-state index in [-0.39, 0.29) is 24.8 Å². The topological polar surface area (TPSA) is 57.7 Å². The lowest BCUT2D eigenvalue weighted by atomic mass is 9.98. The molecule has 0 spiro atoms. The molecule has 5 nitrogen and oxygen atoms in total. The molecule has 0 bridgehead atoms. The van der Waals surface area contributed by atoms with Crippen LogP contribution in [0.3, 0.4) is 0 Å². The summed E-state index contributed by atoms with van der Waals surface area (Å²) in [6, 6.07) is 9.63. The number of hydrogen-bond acceptors (Lipinski definition) is 4. The van der Waals surface area contributed by atoms with Crippen LogP contribution in [-0.2, 0) is 21.4 Å². The van der Waals surface area contributed by atoms with Crippen LogP contribution in [0.15, 0.2) is 46.0 Å². The molecule has 2 heterocycles. The number of carbonyl (C=O) groups is 1. The lowest BCUT2D eigenvalue weighted by Gasteiger charge is -2.33. The summed E-state index contributed by atoms with van der Waals surface area (Å²) in [5.41, 5.74) is 0.447. The average molecular weight is 397 g/mol. The summed E-state index contributed by atoms with van der Waals surface area (Å²) in [6.07, 6.45) is 1.27. The van der Waals surface area contributed by atoms with Crippen molar-refractivity contribution >= 4 is 27.3 Å². The highest BCUT2D eigenvalue weighted by Crippen LogP contribution is 2.27. The first-order valence-corrected chi connectivity index (χ1v) is 10.7. The van der Waals surface area contributed by atoms with Gasteiger partial charge in [0.05, 0.1) is 5.92 Å². The van der Waals surface area contributed by atoms with Crippen molar-refractivity contribution in [3.63, 3.8) is 0 Å². The van der Waals surface area contributed by atoms with Crippen molar-refractivity contribution < 1.29 is 17.6 Å². The van der Waals surface area contributed by atoms with E-state index >= 15 is 0 Å². The van der Waals surface area contributed by atoms with E-state index in [4.69, 9.17) is 0 Å². The highest BCUT2D eigenvalue weighted by Gasteiger charge is 2.34. The van der Waals surface area contributed by atoms with Gasteiger partial charge in [0.25, 0.3) is 10.0 Å². The largest absolute Gasteiger partial charge is 0.341 e. The van der Waals surface area contributed by atoms with E-state index in [1.54, 1.807) is 42.8 Å². The van der Waals surface area contributed by atoms with E-state index in [1.165, 1.54) is 26.6 Å². The van der Waals surface area contributed by atoms with E-state index in [1.807, 2.05) is 0 Å². The smallest absolute Gasteiger partial charge is 0.252 e. The predicted molar refractivity (Wildman–Crippen MR) is 98.7 cm³/mol. The van der Waals surface area contributed by atoms with Gasteiger partial charge < -0.3 is 4.90 Å². The van der Waals surface area contributed by atoms with E-state index < -0.39 is 15.9 Å². The Labute approximate surface area is 157 Å². The van der Waals surface area contributed by atoms with Crippen molar-refractivity contribution in [3.8, 4) is 0 Å². The van der Waals surface area contributed by atoms with Crippen LogP contribution in [0.25, 0.3) is 0 Å². The van der Waals surface area contributed by atoms with Gasteiger partial charge in [-0.3, -0.25) is 4.79 Å². The van der Waals surface area contributed by atoms with Crippen LogP contribution in [-0.4, -0.2) is 43.7 Å². The van der Waals surface area contributed by atoms with Gasteiger partial charge in [0.2, 0.25) is 5.91 Å². The second-order valence-corrected chi connectivity index (χ2v) is 9.53. The number of hydrogen-bond donors (Lipinski definition) is 0. The maximum absolute atomic E-state index is 13.8. The van der Waals surface area contributed by atoms with E-state index in [2.05, 4.69) is 0 Å². The van der Waals surface area contributed by atoms with Crippen molar-refractivity contribution in [1.29, 1.82) is 0 Å². The molecule has 140 valence electrons. The SMILES string of the molecule is CN(Cc1ccccc1F)C(=O)C1CCCN(S(=O)(=O)c2cccs2)C1. The molecule has 0 N–H and O–H groups in total. The fourth-order valence-electron chi connectivity index (χ4n) is 3.17. The number of benzene rings is 1. The molecular weight excluding hydrogens is 375 g/mol. The molecule has 8 heteroatoms. The summed E-state index contributed by atoms with van der Waals surface area (Å²) < 4.78 is 40.9. The molecule has 1 aromatic carbocycles. The van der Waals surface area contributed by atoms with Crippen LogP contribution in [0.4, 0.5) is 4.39 Å². The standard InChI is InChI=1S/C18H21FN2O3S2/c1-20(12-14-6-2-3-8-16(14)19)18(22)15-7-4-10-21(13-15)26(23,24)17-9-5-11-25-17/h2-3,5-6,8-9,11,15H,4,7,10,12-13H2,1H3. The van der Waals surface area contributed by atoms with Crippen molar-refractivity contribution in [2.24, 2.45) is 5.92 Å². The Morgan fingerprint density at radius 1 is 1.31 bits per heavy atom. The van der Waals surface area contributed by atoms with Crippen LogP contribution in [0, 0.1) is 11.7 Å². The van der Waals surface area contributed by atoms with Crippen LogP contribution < -0.4 is 0 Å². The zero-order valence-electron chi connectivity index (χ0n) is 14.5. The minimum atomic E-state index is -3.56. The first kappa shape index (κ1) is 19.0. The Morgan fingerprint density at radius 3 is 2.77 bits per heavy atom. The van der Waals surface area contributed by atoms with E-state index in [0.717, 1.165) is 0 Å². The third kappa shape index (κ3) is 3.97. The summed E-state index contributed by atoms with van der Waals surface area (Å²) in [4.78, 5) is 14.2. The third-order valence-corrected chi connectivity index (χ3v) is 7.80. The monoisotopic (exact) mass is 396 g/mol. The van der Waals surface area contributed by atoms with Crippen LogP contribution in [0.5, 0.6) is 0 Å². The first-order chi connectivity index (χ1) is 12.4. The average Bonchev–Trinajstić information content (AvgIpc) is 3.18. The molecular formula is C18H21FN2O3S2. The number of carbonyl (C=O) groups excluding carboxylic acids is 1. The van der Waals surface area contributed by atoms with Gasteiger partial charge in [0.1, 0.15) is 10.0 Å². The molecule has 0 aliphatic carbocycles. The Hall–Kier alpha value is -1.77. The Bertz CT molecular complexity index is 868. The Kier molecular flexibility index (Phi) is 5.74. The number of rotatable bonds is 5. The molecule has 3 rings (SSSR count). The molecule has 1 aliphatic heterocycles. The molecule has 26 heavy (non-hydrogen) atoms. The lowest BCUT2D eigenvalue weighted by molar-refractivity contribution is -0.135. The van der Waals surface area contributed by atoms with Crippen molar-refractivity contribution in [1.82, 2.24) is 9.21 Å². The number of nitrogens with zero attached hydrogens (tertiary/aromatic N) is 2. The van der Waals surface area contributed by atoms with Gasteiger partial charge in [-0.1, -0.05) is 24.3 Å². The third-order valence-electron chi connectivity index (χ3n) is 4.56. The molecule has 1 aliphatic rings. The van der Waals surface area contributed by atoms with E-state index in [9.17, 15) is 17.6 Å². The van der Waals surface area contributed by atoms with Gasteiger partial charge in [-0.2, -0.15) is 4.31 Å². The van der Waals surface area contributed by atoms with Gasteiger partial charge >= 0.3 is 0 Å². The second kappa shape index (κ2) is 7.85. The predicted octanol–water partition coefficient (Wildman–Crippen LogP) is 2.95. The molecule has 1 amide bonds. The van der Waals surface area contributed by atoms with E-state index in [0.29, 0.717) is 29.2 Å². The van der Waals surface area contributed by atoms with Crippen LogP contribution >= 0.6 is 11.3 Å². The van der Waals surface area contributed by atoms with Gasteiger partial charge in [-0.15, -0.1) is 11.3 Å². The van der Waals surface area contributed by atoms with Crippen LogP contribution in [0.1, 0.15) is 18.4 Å². The summed E-state index contributed by atoms with van der Waals surface area (Å²) in [7, 11) is -1.93. The summed E-state index contributed by atoms with van der Waals surface area (Å²) in [5, 5.41) is 1.72. The van der Waals surface area contributed by atoms with Crippen molar-refractivity contribution in [2.45, 2.75) is 23.6 Å². The quantitative estimate of drug-likeness (QED) is 0.781. The zero-order valence-corrected chi connectivity index (χ0v) is 16.1. The fraction of sp³-hybridized carbons (Fsp3) is 0.389. The molecule has 2 aromatic rings. The number of sulfonamides is 1. The number of amides is 1. The lowest BCUT2D eigenvalue weighted by Crippen LogP contribution is -2.45. The number of halogens is 1. The van der Waals surface area contributed by atoms with Gasteiger partial charge in [0.15, 0.2) is 0 Å². The van der Waals surface area contributed by atoms with Gasteiger partial charge in [0, 0.05) is 32.2 Å². The molecule has 1 unspecified atom stereocenters. The second-order valence-electron chi connectivity index (χ2n) is 6.42.